The first-order chi connectivity index (χ1) is 12.5. The van der Waals surface area contributed by atoms with E-state index in [4.69, 9.17) is 0 Å². The molecule has 1 N–H and O–H groups in total. The normalized spacial score (nSPS) is 15.8. The van der Waals surface area contributed by atoms with Gasteiger partial charge in [0.2, 0.25) is 0 Å². The molecule has 0 atom stereocenters. The molecule has 0 aliphatic carbocycles. The van der Waals surface area contributed by atoms with Crippen LogP contribution in [0.4, 0.5) is 0 Å². The molecule has 0 bridgehead atoms. The predicted octanol–water partition coefficient (Wildman–Crippen LogP) is 4.04. The lowest BCUT2D eigenvalue weighted by Gasteiger charge is -2.41. The van der Waals surface area contributed by atoms with Gasteiger partial charge >= 0.3 is 0 Å². The third kappa shape index (κ3) is 4.71. The molecule has 1 fully saturated rings. The Morgan fingerprint density at radius 3 is 2.58 bits per heavy atom. The van der Waals surface area contributed by atoms with Crippen LogP contribution in [0.3, 0.4) is 0 Å². The van der Waals surface area contributed by atoms with Crippen molar-refractivity contribution in [1.29, 1.82) is 0 Å². The van der Waals surface area contributed by atoms with Gasteiger partial charge in [-0.25, -0.2) is 4.98 Å². The topological polar surface area (TPSA) is 45.2 Å². The van der Waals surface area contributed by atoms with Gasteiger partial charge in [0.1, 0.15) is 4.88 Å². The summed E-state index contributed by atoms with van der Waals surface area (Å²) in [7, 11) is 0. The van der Waals surface area contributed by atoms with E-state index in [0.29, 0.717) is 6.54 Å². The van der Waals surface area contributed by atoms with Gasteiger partial charge in [-0.05, 0) is 52.3 Å². The summed E-state index contributed by atoms with van der Waals surface area (Å²) in [5.41, 5.74) is 2.04. The summed E-state index contributed by atoms with van der Waals surface area (Å²) in [4.78, 5) is 20.5. The highest BCUT2D eigenvalue weighted by atomic mass is 32.1. The Hall–Kier alpha value is -1.72. The standard InChI is InChI=1S/C21H29N3OS/c1-16-19(26-18(23-16)14-17-10-6-4-7-11-17)20(25)22-15-21(2,3)24-12-8-5-9-13-24/h4,6-7,10-11H,5,8-9,12-15H2,1-3H3,(H,22,25). The van der Waals surface area contributed by atoms with E-state index in [1.165, 1.54) is 36.2 Å². The molecule has 3 rings (SSSR count). The molecule has 1 saturated heterocycles. The summed E-state index contributed by atoms with van der Waals surface area (Å²) in [6, 6.07) is 10.3. The van der Waals surface area contributed by atoms with Crippen LogP contribution < -0.4 is 5.32 Å². The van der Waals surface area contributed by atoms with Crippen LogP contribution >= 0.6 is 11.3 Å². The average Bonchev–Trinajstić information content (AvgIpc) is 3.01. The Morgan fingerprint density at radius 1 is 1.19 bits per heavy atom. The zero-order valence-electron chi connectivity index (χ0n) is 16.0. The minimum absolute atomic E-state index is 0.00407. The van der Waals surface area contributed by atoms with E-state index in [-0.39, 0.29) is 11.4 Å². The largest absolute Gasteiger partial charge is 0.349 e. The molecule has 2 aromatic rings. The first-order valence-corrected chi connectivity index (χ1v) is 10.3. The Bertz CT molecular complexity index is 733. The predicted molar refractivity (Wildman–Crippen MR) is 108 cm³/mol. The Morgan fingerprint density at radius 2 is 1.88 bits per heavy atom. The first kappa shape index (κ1) is 19.1. The molecule has 2 heterocycles. The van der Waals surface area contributed by atoms with E-state index < -0.39 is 0 Å². The maximum Gasteiger partial charge on any atom is 0.263 e. The molecule has 0 radical (unpaired) electrons. The molecular formula is C21H29N3OS. The third-order valence-electron chi connectivity index (χ3n) is 5.14. The Balaban J connectivity index is 1.61. The van der Waals surface area contributed by atoms with Crippen LogP contribution in [0, 0.1) is 6.92 Å². The molecule has 26 heavy (non-hydrogen) atoms. The summed E-state index contributed by atoms with van der Waals surface area (Å²) in [6.07, 6.45) is 4.62. The fourth-order valence-electron chi connectivity index (χ4n) is 3.50. The van der Waals surface area contributed by atoms with Gasteiger partial charge in [0.25, 0.3) is 5.91 Å². The van der Waals surface area contributed by atoms with Crippen LogP contribution in [0.1, 0.15) is 59.0 Å². The lowest BCUT2D eigenvalue weighted by molar-refractivity contribution is 0.0799. The van der Waals surface area contributed by atoms with E-state index >= 15 is 0 Å². The lowest BCUT2D eigenvalue weighted by atomic mass is 9.98. The second kappa shape index (κ2) is 8.31. The van der Waals surface area contributed by atoms with Gasteiger partial charge in [0.15, 0.2) is 0 Å². The fourth-order valence-corrected chi connectivity index (χ4v) is 4.51. The maximum atomic E-state index is 12.7. The van der Waals surface area contributed by atoms with Crippen LogP contribution in [0.25, 0.3) is 0 Å². The van der Waals surface area contributed by atoms with E-state index in [0.717, 1.165) is 35.1 Å². The number of benzene rings is 1. The number of carbonyl (C=O) groups is 1. The summed E-state index contributed by atoms with van der Waals surface area (Å²) < 4.78 is 0. The number of amides is 1. The van der Waals surface area contributed by atoms with Crippen LogP contribution in [0.5, 0.6) is 0 Å². The van der Waals surface area contributed by atoms with E-state index in [9.17, 15) is 4.79 Å². The van der Waals surface area contributed by atoms with Crippen molar-refractivity contribution in [2.24, 2.45) is 0 Å². The highest BCUT2D eigenvalue weighted by Crippen LogP contribution is 2.22. The van der Waals surface area contributed by atoms with Crippen LogP contribution in [0.15, 0.2) is 30.3 Å². The molecule has 0 saturated carbocycles. The van der Waals surface area contributed by atoms with Gasteiger partial charge in [0.05, 0.1) is 10.7 Å². The summed E-state index contributed by atoms with van der Waals surface area (Å²) in [5.74, 6) is 0.00407. The molecule has 5 heteroatoms. The molecule has 0 spiro atoms. The second-order valence-corrected chi connectivity index (χ2v) is 8.81. The number of piperidine rings is 1. The first-order valence-electron chi connectivity index (χ1n) is 9.49. The van der Waals surface area contributed by atoms with Crippen molar-refractivity contribution >= 4 is 17.2 Å². The van der Waals surface area contributed by atoms with Crippen LogP contribution in [-0.2, 0) is 6.42 Å². The zero-order valence-corrected chi connectivity index (χ0v) is 16.9. The number of aromatic nitrogens is 1. The van der Waals surface area contributed by atoms with Gasteiger partial charge in [-0.15, -0.1) is 11.3 Å². The van der Waals surface area contributed by atoms with Gasteiger partial charge in [-0.2, -0.15) is 0 Å². The van der Waals surface area contributed by atoms with Crippen LogP contribution in [-0.4, -0.2) is 41.0 Å². The molecule has 1 aromatic carbocycles. The van der Waals surface area contributed by atoms with Crippen molar-refractivity contribution in [2.75, 3.05) is 19.6 Å². The quantitative estimate of drug-likeness (QED) is 0.834. The van der Waals surface area contributed by atoms with Crippen LogP contribution in [0.2, 0.25) is 0 Å². The minimum Gasteiger partial charge on any atom is -0.349 e. The third-order valence-corrected chi connectivity index (χ3v) is 6.30. The van der Waals surface area contributed by atoms with E-state index in [1.54, 1.807) is 0 Å². The number of likely N-dealkylation sites (tertiary alicyclic amines) is 1. The van der Waals surface area contributed by atoms with Crippen molar-refractivity contribution in [1.82, 2.24) is 15.2 Å². The van der Waals surface area contributed by atoms with E-state index in [1.807, 2.05) is 25.1 Å². The number of carbonyl (C=O) groups excluding carboxylic acids is 1. The van der Waals surface area contributed by atoms with Crippen molar-refractivity contribution in [3.63, 3.8) is 0 Å². The fraction of sp³-hybridized carbons (Fsp3) is 0.524. The van der Waals surface area contributed by atoms with Crippen molar-refractivity contribution in [3.8, 4) is 0 Å². The molecule has 1 aromatic heterocycles. The average molecular weight is 372 g/mol. The number of nitrogens with zero attached hydrogens (tertiary/aromatic N) is 2. The number of aryl methyl sites for hydroxylation is 1. The highest BCUT2D eigenvalue weighted by Gasteiger charge is 2.28. The summed E-state index contributed by atoms with van der Waals surface area (Å²) in [5, 5.41) is 4.14. The van der Waals surface area contributed by atoms with E-state index in [2.05, 4.69) is 41.2 Å². The molecule has 1 amide bonds. The van der Waals surface area contributed by atoms with Crippen molar-refractivity contribution < 1.29 is 4.79 Å². The lowest BCUT2D eigenvalue weighted by Crippen LogP contribution is -2.53. The maximum absolute atomic E-state index is 12.7. The summed E-state index contributed by atoms with van der Waals surface area (Å²) >= 11 is 1.51. The van der Waals surface area contributed by atoms with Gasteiger partial charge < -0.3 is 5.32 Å². The summed E-state index contributed by atoms with van der Waals surface area (Å²) in [6.45, 7) is 9.29. The second-order valence-electron chi connectivity index (χ2n) is 7.73. The highest BCUT2D eigenvalue weighted by molar-refractivity contribution is 7.13. The zero-order chi connectivity index (χ0) is 18.6. The molecule has 140 valence electrons. The molecule has 1 aliphatic rings. The Labute approximate surface area is 160 Å². The Kier molecular flexibility index (Phi) is 6.09. The monoisotopic (exact) mass is 371 g/mol. The number of rotatable bonds is 6. The molecule has 0 unspecified atom stereocenters. The van der Waals surface area contributed by atoms with Crippen molar-refractivity contribution in [3.05, 3.63) is 51.5 Å². The number of hydrogen-bond acceptors (Lipinski definition) is 4. The van der Waals surface area contributed by atoms with Gasteiger partial charge in [-0.1, -0.05) is 36.8 Å². The SMILES string of the molecule is Cc1nc(Cc2ccccc2)sc1C(=O)NCC(C)(C)N1CCCCC1. The minimum atomic E-state index is -0.0124. The van der Waals surface area contributed by atoms with Gasteiger partial charge in [0, 0.05) is 18.5 Å². The van der Waals surface area contributed by atoms with Gasteiger partial charge in [-0.3, -0.25) is 9.69 Å². The van der Waals surface area contributed by atoms with Crippen molar-refractivity contribution in [2.45, 2.75) is 52.0 Å². The smallest absolute Gasteiger partial charge is 0.263 e. The molecule has 1 aliphatic heterocycles. The number of thiazole rings is 1. The molecular weight excluding hydrogens is 342 g/mol. The molecule has 4 nitrogen and oxygen atoms in total. The number of nitrogens with one attached hydrogen (secondary N) is 1. The number of hydrogen-bond donors (Lipinski definition) is 1.